The second-order valence-corrected chi connectivity index (χ2v) is 8.79. The Bertz CT molecular complexity index is 652. The quantitative estimate of drug-likeness (QED) is 0.832. The van der Waals surface area contributed by atoms with Crippen LogP contribution >= 0.6 is 38.6 Å². The molecule has 0 fully saturated rings. The number of hydrogen-bond acceptors (Lipinski definition) is 6. The normalized spacial score (nSPS) is 13.6. The third-order valence-corrected chi connectivity index (χ3v) is 7.04. The Morgan fingerprint density at radius 1 is 1.58 bits per heavy atom. The van der Waals surface area contributed by atoms with Crippen LogP contribution in [0.3, 0.4) is 0 Å². The maximum absolute atomic E-state index is 12.2. The van der Waals surface area contributed by atoms with E-state index < -0.39 is 16.1 Å². The van der Waals surface area contributed by atoms with Crippen molar-refractivity contribution in [3.63, 3.8) is 0 Å². The number of hydrogen-bond donors (Lipinski definition) is 2. The van der Waals surface area contributed by atoms with E-state index in [1.54, 1.807) is 18.5 Å². The average molecular weight is 383 g/mol. The predicted molar refractivity (Wildman–Crippen MR) is 78.8 cm³/mol. The SMILES string of the molecule is CC(NS(=O)(=O)c1cc(CO)sc1Br)c1nccs1. The minimum absolute atomic E-state index is 0.143. The van der Waals surface area contributed by atoms with E-state index in [-0.39, 0.29) is 11.5 Å². The zero-order chi connectivity index (χ0) is 14.0. The first-order valence-electron chi connectivity index (χ1n) is 5.25. The molecular weight excluding hydrogens is 372 g/mol. The van der Waals surface area contributed by atoms with Gasteiger partial charge in [-0.05, 0) is 28.9 Å². The maximum atomic E-state index is 12.2. The number of halogens is 1. The van der Waals surface area contributed by atoms with E-state index in [9.17, 15) is 8.42 Å². The highest BCUT2D eigenvalue weighted by molar-refractivity contribution is 9.11. The summed E-state index contributed by atoms with van der Waals surface area (Å²) in [5.74, 6) is 0. The fourth-order valence-corrected chi connectivity index (χ4v) is 5.92. The van der Waals surface area contributed by atoms with E-state index in [1.807, 2.05) is 0 Å². The lowest BCUT2D eigenvalue weighted by atomic mass is 10.4. The lowest BCUT2D eigenvalue weighted by Crippen LogP contribution is -2.26. The second kappa shape index (κ2) is 5.98. The minimum atomic E-state index is -3.64. The molecule has 0 aliphatic heterocycles. The molecule has 1 unspecified atom stereocenters. The Hall–Kier alpha value is -0.320. The van der Waals surface area contributed by atoms with Crippen molar-refractivity contribution < 1.29 is 13.5 Å². The maximum Gasteiger partial charge on any atom is 0.243 e. The smallest absolute Gasteiger partial charge is 0.243 e. The van der Waals surface area contributed by atoms with Crippen molar-refractivity contribution in [3.8, 4) is 0 Å². The summed E-state index contributed by atoms with van der Waals surface area (Å²) < 4.78 is 27.5. The van der Waals surface area contributed by atoms with E-state index in [2.05, 4.69) is 25.6 Å². The van der Waals surface area contributed by atoms with Gasteiger partial charge in [-0.3, -0.25) is 0 Å². The number of thiophene rings is 1. The molecule has 9 heteroatoms. The summed E-state index contributed by atoms with van der Waals surface area (Å²) in [4.78, 5) is 4.82. The van der Waals surface area contributed by atoms with E-state index in [0.717, 1.165) is 0 Å². The van der Waals surface area contributed by atoms with Crippen molar-refractivity contribution in [1.82, 2.24) is 9.71 Å². The highest BCUT2D eigenvalue weighted by Gasteiger charge is 2.24. The molecule has 0 spiro atoms. The standard InChI is InChI=1S/C10H11BrN2O3S3/c1-6(10-12-2-3-17-10)13-19(15,16)8-4-7(5-14)18-9(8)11/h2-4,6,13-14H,5H2,1H3. The molecule has 0 radical (unpaired) electrons. The van der Waals surface area contributed by atoms with Gasteiger partial charge in [-0.2, -0.15) is 0 Å². The van der Waals surface area contributed by atoms with Gasteiger partial charge in [0, 0.05) is 16.5 Å². The number of aromatic nitrogens is 1. The summed E-state index contributed by atoms with van der Waals surface area (Å²) in [7, 11) is -3.64. The molecule has 104 valence electrons. The molecule has 2 N–H and O–H groups in total. The largest absolute Gasteiger partial charge is 0.391 e. The molecular formula is C10H11BrN2O3S3. The van der Waals surface area contributed by atoms with Crippen LogP contribution in [0, 0.1) is 0 Å². The average Bonchev–Trinajstić information content (AvgIpc) is 2.96. The first-order valence-corrected chi connectivity index (χ1v) is 9.22. The van der Waals surface area contributed by atoms with Crippen molar-refractivity contribution in [2.45, 2.75) is 24.5 Å². The van der Waals surface area contributed by atoms with Crippen LogP contribution < -0.4 is 4.72 Å². The molecule has 0 aromatic carbocycles. The highest BCUT2D eigenvalue weighted by Crippen LogP contribution is 2.32. The van der Waals surface area contributed by atoms with Crippen molar-refractivity contribution in [3.05, 3.63) is 31.3 Å². The molecule has 0 aliphatic rings. The number of nitrogens with zero attached hydrogens (tertiary/aromatic N) is 1. The molecule has 0 amide bonds. The Morgan fingerprint density at radius 2 is 2.32 bits per heavy atom. The zero-order valence-corrected chi connectivity index (χ0v) is 13.9. The molecule has 0 saturated carbocycles. The van der Waals surface area contributed by atoms with Crippen molar-refractivity contribution in [2.75, 3.05) is 0 Å². The van der Waals surface area contributed by atoms with Gasteiger partial charge >= 0.3 is 0 Å². The number of thiazole rings is 1. The fourth-order valence-electron chi connectivity index (χ4n) is 1.45. The van der Waals surface area contributed by atoms with Gasteiger partial charge in [0.2, 0.25) is 10.0 Å². The van der Waals surface area contributed by atoms with Gasteiger partial charge in [0.1, 0.15) is 9.90 Å². The van der Waals surface area contributed by atoms with Crippen LogP contribution in [0.5, 0.6) is 0 Å². The molecule has 5 nitrogen and oxygen atoms in total. The van der Waals surface area contributed by atoms with Crippen LogP contribution in [0.25, 0.3) is 0 Å². The minimum Gasteiger partial charge on any atom is -0.391 e. The van der Waals surface area contributed by atoms with Crippen molar-refractivity contribution in [1.29, 1.82) is 0 Å². The lowest BCUT2D eigenvalue weighted by Gasteiger charge is -2.11. The molecule has 19 heavy (non-hydrogen) atoms. The van der Waals surface area contributed by atoms with Gasteiger partial charge < -0.3 is 5.11 Å². The van der Waals surface area contributed by atoms with Crippen LogP contribution in [0.1, 0.15) is 22.9 Å². The van der Waals surface area contributed by atoms with E-state index in [4.69, 9.17) is 5.11 Å². The summed E-state index contributed by atoms with van der Waals surface area (Å²) in [5, 5.41) is 11.5. The van der Waals surface area contributed by atoms with Crippen molar-refractivity contribution in [2.24, 2.45) is 0 Å². The summed E-state index contributed by atoms with van der Waals surface area (Å²) in [6.07, 6.45) is 1.63. The third-order valence-electron chi connectivity index (χ3n) is 2.31. The Kier molecular flexibility index (Phi) is 4.75. The third kappa shape index (κ3) is 3.41. The molecule has 0 aliphatic carbocycles. The van der Waals surface area contributed by atoms with Gasteiger partial charge in [-0.15, -0.1) is 22.7 Å². The van der Waals surface area contributed by atoms with Crippen LogP contribution in [0.4, 0.5) is 0 Å². The lowest BCUT2D eigenvalue weighted by molar-refractivity contribution is 0.285. The summed E-state index contributed by atoms with van der Waals surface area (Å²) >= 11 is 5.80. The number of aliphatic hydroxyl groups excluding tert-OH is 1. The van der Waals surface area contributed by atoms with Crippen LogP contribution in [-0.2, 0) is 16.6 Å². The van der Waals surface area contributed by atoms with Crippen LogP contribution in [0.15, 0.2) is 26.3 Å². The van der Waals surface area contributed by atoms with Gasteiger partial charge in [0.25, 0.3) is 0 Å². The highest BCUT2D eigenvalue weighted by atomic mass is 79.9. The Labute approximate surface area is 127 Å². The first kappa shape index (κ1) is 15.1. The molecule has 2 rings (SSSR count). The van der Waals surface area contributed by atoms with E-state index >= 15 is 0 Å². The molecule has 2 aromatic heterocycles. The fraction of sp³-hybridized carbons (Fsp3) is 0.300. The first-order chi connectivity index (χ1) is 8.94. The summed E-state index contributed by atoms with van der Waals surface area (Å²) in [6, 6.07) is 1.07. The number of nitrogens with one attached hydrogen (secondary N) is 1. The van der Waals surface area contributed by atoms with Gasteiger partial charge in [-0.25, -0.2) is 18.1 Å². The molecule has 0 saturated heterocycles. The van der Waals surface area contributed by atoms with Gasteiger partial charge in [0.15, 0.2) is 0 Å². The van der Waals surface area contributed by atoms with Crippen LogP contribution in [0.2, 0.25) is 0 Å². The number of sulfonamides is 1. The second-order valence-electron chi connectivity index (χ2n) is 3.72. The number of aliphatic hydroxyl groups is 1. The monoisotopic (exact) mass is 382 g/mol. The van der Waals surface area contributed by atoms with E-state index in [0.29, 0.717) is 13.7 Å². The van der Waals surface area contributed by atoms with Crippen LogP contribution in [-0.4, -0.2) is 18.5 Å². The number of rotatable bonds is 5. The summed E-state index contributed by atoms with van der Waals surface area (Å²) in [6.45, 7) is 1.56. The van der Waals surface area contributed by atoms with Gasteiger partial charge in [-0.1, -0.05) is 0 Å². The Morgan fingerprint density at radius 3 is 2.84 bits per heavy atom. The molecule has 2 aromatic rings. The Balaban J connectivity index is 2.25. The molecule has 0 bridgehead atoms. The molecule has 1 atom stereocenters. The topological polar surface area (TPSA) is 79.3 Å². The zero-order valence-electron chi connectivity index (χ0n) is 9.83. The van der Waals surface area contributed by atoms with Gasteiger partial charge in [0.05, 0.1) is 16.4 Å². The summed E-state index contributed by atoms with van der Waals surface area (Å²) in [5.41, 5.74) is 0. The van der Waals surface area contributed by atoms with E-state index in [1.165, 1.54) is 28.7 Å². The molecule has 2 heterocycles. The predicted octanol–water partition coefficient (Wildman–Crippen LogP) is 2.50. The van der Waals surface area contributed by atoms with Crippen molar-refractivity contribution >= 4 is 48.6 Å².